The molecule has 3 N–H and O–H groups in total. The molecule has 1 aromatic carbocycles. The molecule has 0 saturated heterocycles. The van der Waals surface area contributed by atoms with E-state index in [0.29, 0.717) is 17.4 Å². The van der Waals surface area contributed by atoms with Gasteiger partial charge in [0.2, 0.25) is 0 Å². The highest BCUT2D eigenvalue weighted by Crippen LogP contribution is 2.40. The molecule has 0 heterocycles. The van der Waals surface area contributed by atoms with E-state index in [0.717, 1.165) is 25.3 Å². The van der Waals surface area contributed by atoms with Gasteiger partial charge in [-0.05, 0) is 48.3 Å². The summed E-state index contributed by atoms with van der Waals surface area (Å²) >= 11 is 0. The second kappa shape index (κ2) is 6.36. The van der Waals surface area contributed by atoms with Gasteiger partial charge in [-0.3, -0.25) is 11.3 Å². The Morgan fingerprint density at radius 3 is 2.48 bits per heavy atom. The van der Waals surface area contributed by atoms with Crippen molar-refractivity contribution in [3.8, 4) is 0 Å². The van der Waals surface area contributed by atoms with Crippen molar-refractivity contribution in [2.24, 2.45) is 23.6 Å². The number of hydrogen-bond donors (Lipinski definition) is 2. The molecule has 0 spiro atoms. The standard InChI is InChI=1S/C16H23F3N2/c1-10-6-7-13(8-11(10)2)15(21-20)12-4-3-5-14(9-12)16(17,18)19/h3-5,9-11,13,15,21H,6-8,20H2,1-2H3. The summed E-state index contributed by atoms with van der Waals surface area (Å²) in [5.41, 5.74) is 2.75. The molecule has 0 aromatic heterocycles. The zero-order chi connectivity index (χ0) is 15.6. The van der Waals surface area contributed by atoms with Crippen LogP contribution in [0, 0.1) is 17.8 Å². The van der Waals surface area contributed by atoms with E-state index in [-0.39, 0.29) is 12.0 Å². The smallest absolute Gasteiger partial charge is 0.271 e. The van der Waals surface area contributed by atoms with Crippen LogP contribution in [0.5, 0.6) is 0 Å². The maximum absolute atomic E-state index is 12.8. The Bertz CT molecular complexity index is 473. The lowest BCUT2D eigenvalue weighted by Gasteiger charge is -2.36. The highest BCUT2D eigenvalue weighted by atomic mass is 19.4. The zero-order valence-corrected chi connectivity index (χ0v) is 12.5. The van der Waals surface area contributed by atoms with Crippen LogP contribution in [0.3, 0.4) is 0 Å². The quantitative estimate of drug-likeness (QED) is 0.646. The van der Waals surface area contributed by atoms with Crippen LogP contribution in [0.15, 0.2) is 24.3 Å². The predicted molar refractivity (Wildman–Crippen MR) is 77.2 cm³/mol. The van der Waals surface area contributed by atoms with Crippen LogP contribution in [0.1, 0.15) is 50.3 Å². The minimum atomic E-state index is -4.32. The second-order valence-corrected chi connectivity index (χ2v) is 6.30. The highest BCUT2D eigenvalue weighted by Gasteiger charge is 2.33. The van der Waals surface area contributed by atoms with Crippen molar-refractivity contribution in [2.45, 2.75) is 45.3 Å². The fraction of sp³-hybridized carbons (Fsp3) is 0.625. The third-order valence-corrected chi connectivity index (χ3v) is 4.86. The fourth-order valence-corrected chi connectivity index (χ4v) is 3.30. The first-order valence-electron chi connectivity index (χ1n) is 7.46. The Kier molecular flexibility index (Phi) is 4.94. The van der Waals surface area contributed by atoms with Crippen molar-refractivity contribution in [2.75, 3.05) is 0 Å². The molecule has 0 radical (unpaired) electrons. The molecule has 4 atom stereocenters. The van der Waals surface area contributed by atoms with Gasteiger partial charge in [0.1, 0.15) is 0 Å². The summed E-state index contributed by atoms with van der Waals surface area (Å²) < 4.78 is 38.5. The van der Waals surface area contributed by atoms with Gasteiger partial charge in [-0.25, -0.2) is 0 Å². The molecular weight excluding hydrogens is 277 g/mol. The van der Waals surface area contributed by atoms with Gasteiger partial charge in [-0.2, -0.15) is 13.2 Å². The van der Waals surface area contributed by atoms with E-state index in [1.54, 1.807) is 6.07 Å². The molecule has 5 heteroatoms. The van der Waals surface area contributed by atoms with Crippen LogP contribution in [0.25, 0.3) is 0 Å². The molecule has 118 valence electrons. The Labute approximate surface area is 123 Å². The van der Waals surface area contributed by atoms with Crippen LogP contribution in [-0.4, -0.2) is 0 Å². The van der Waals surface area contributed by atoms with Crippen LogP contribution >= 0.6 is 0 Å². The number of rotatable bonds is 3. The van der Waals surface area contributed by atoms with Gasteiger partial charge in [-0.15, -0.1) is 0 Å². The largest absolute Gasteiger partial charge is 0.416 e. The van der Waals surface area contributed by atoms with Crippen molar-refractivity contribution >= 4 is 0 Å². The second-order valence-electron chi connectivity index (χ2n) is 6.30. The number of alkyl halides is 3. The summed E-state index contributed by atoms with van der Waals surface area (Å²) in [6, 6.07) is 5.28. The molecule has 1 aliphatic carbocycles. The van der Waals surface area contributed by atoms with Crippen molar-refractivity contribution in [1.29, 1.82) is 0 Å². The van der Waals surface area contributed by atoms with Gasteiger partial charge in [0.15, 0.2) is 0 Å². The van der Waals surface area contributed by atoms with Crippen molar-refractivity contribution in [3.05, 3.63) is 35.4 Å². The Morgan fingerprint density at radius 2 is 1.90 bits per heavy atom. The third-order valence-electron chi connectivity index (χ3n) is 4.86. The van der Waals surface area contributed by atoms with E-state index in [2.05, 4.69) is 19.3 Å². The lowest BCUT2D eigenvalue weighted by atomic mass is 9.72. The molecule has 0 amide bonds. The average molecular weight is 300 g/mol. The lowest BCUT2D eigenvalue weighted by molar-refractivity contribution is -0.137. The molecule has 1 fully saturated rings. The lowest BCUT2D eigenvalue weighted by Crippen LogP contribution is -2.37. The minimum absolute atomic E-state index is 0.220. The SMILES string of the molecule is CC1CCC(C(NN)c2cccc(C(F)(F)F)c2)CC1C. The summed E-state index contributed by atoms with van der Waals surface area (Å²) in [6.45, 7) is 4.44. The van der Waals surface area contributed by atoms with Gasteiger partial charge in [0.05, 0.1) is 5.56 Å². The Morgan fingerprint density at radius 1 is 1.19 bits per heavy atom. The van der Waals surface area contributed by atoms with Gasteiger partial charge in [0.25, 0.3) is 0 Å². The zero-order valence-electron chi connectivity index (χ0n) is 12.5. The first-order valence-corrected chi connectivity index (χ1v) is 7.46. The highest BCUT2D eigenvalue weighted by molar-refractivity contribution is 5.28. The summed E-state index contributed by atoms with van der Waals surface area (Å²) in [4.78, 5) is 0. The fourth-order valence-electron chi connectivity index (χ4n) is 3.30. The van der Waals surface area contributed by atoms with E-state index in [9.17, 15) is 13.2 Å². The molecule has 2 rings (SSSR count). The minimum Gasteiger partial charge on any atom is -0.271 e. The third kappa shape index (κ3) is 3.77. The first kappa shape index (κ1) is 16.3. The predicted octanol–water partition coefficient (Wildman–Crippen LogP) is 4.28. The van der Waals surface area contributed by atoms with Crippen molar-refractivity contribution in [3.63, 3.8) is 0 Å². The molecule has 21 heavy (non-hydrogen) atoms. The summed E-state index contributed by atoms with van der Waals surface area (Å²) in [5, 5.41) is 0. The van der Waals surface area contributed by atoms with Crippen LogP contribution < -0.4 is 11.3 Å². The molecule has 1 saturated carbocycles. The van der Waals surface area contributed by atoms with Crippen LogP contribution in [0.2, 0.25) is 0 Å². The Hall–Kier alpha value is -1.07. The molecule has 0 aliphatic heterocycles. The number of hydrazine groups is 1. The summed E-state index contributed by atoms with van der Waals surface area (Å²) in [5.74, 6) is 7.17. The summed E-state index contributed by atoms with van der Waals surface area (Å²) in [6.07, 6.45) is -1.23. The molecule has 1 aromatic rings. The van der Waals surface area contributed by atoms with E-state index in [1.165, 1.54) is 12.1 Å². The number of nitrogens with two attached hydrogens (primary N) is 1. The van der Waals surface area contributed by atoms with Crippen molar-refractivity contribution in [1.82, 2.24) is 5.43 Å². The summed E-state index contributed by atoms with van der Waals surface area (Å²) in [7, 11) is 0. The molecular formula is C16H23F3N2. The van der Waals surface area contributed by atoms with Gasteiger partial charge >= 0.3 is 6.18 Å². The molecule has 1 aliphatic rings. The molecule has 4 unspecified atom stereocenters. The van der Waals surface area contributed by atoms with Crippen molar-refractivity contribution < 1.29 is 13.2 Å². The van der Waals surface area contributed by atoms with E-state index < -0.39 is 11.7 Å². The van der Waals surface area contributed by atoms with Gasteiger partial charge < -0.3 is 0 Å². The number of benzene rings is 1. The maximum atomic E-state index is 12.8. The monoisotopic (exact) mass is 300 g/mol. The van der Waals surface area contributed by atoms with Gasteiger partial charge in [0, 0.05) is 6.04 Å². The van der Waals surface area contributed by atoms with E-state index >= 15 is 0 Å². The molecule has 0 bridgehead atoms. The van der Waals surface area contributed by atoms with E-state index in [4.69, 9.17) is 5.84 Å². The number of hydrogen-bond acceptors (Lipinski definition) is 2. The maximum Gasteiger partial charge on any atom is 0.416 e. The Balaban J connectivity index is 2.22. The topological polar surface area (TPSA) is 38.0 Å². The van der Waals surface area contributed by atoms with Crippen LogP contribution in [-0.2, 0) is 6.18 Å². The van der Waals surface area contributed by atoms with Crippen LogP contribution in [0.4, 0.5) is 13.2 Å². The average Bonchev–Trinajstić information content (AvgIpc) is 2.43. The normalized spacial score (nSPS) is 28.4. The number of halogens is 3. The van der Waals surface area contributed by atoms with E-state index in [1.807, 2.05) is 0 Å². The molecule has 2 nitrogen and oxygen atoms in total. The number of nitrogens with one attached hydrogen (secondary N) is 1. The van der Waals surface area contributed by atoms with Gasteiger partial charge in [-0.1, -0.05) is 32.4 Å². The first-order chi connectivity index (χ1) is 9.82.